The SMILES string of the molecule is N#Cc1c(N2CCN(c3ccccc3)CC2)nsc1-c1cccnc1. The Bertz CT molecular complexity index is 877. The van der Waals surface area contributed by atoms with Crippen molar-refractivity contribution in [3.63, 3.8) is 0 Å². The van der Waals surface area contributed by atoms with Crippen molar-refractivity contribution in [2.45, 2.75) is 0 Å². The van der Waals surface area contributed by atoms with Crippen molar-refractivity contribution < 1.29 is 0 Å². The molecule has 3 aromatic rings. The van der Waals surface area contributed by atoms with Gasteiger partial charge in [0.05, 0.1) is 4.88 Å². The maximum absolute atomic E-state index is 9.67. The minimum absolute atomic E-state index is 0.658. The molecule has 0 unspecified atom stereocenters. The zero-order chi connectivity index (χ0) is 17.1. The molecular weight excluding hydrogens is 330 g/mol. The van der Waals surface area contributed by atoms with Crippen LogP contribution in [0.15, 0.2) is 54.9 Å². The number of hydrogen-bond acceptors (Lipinski definition) is 6. The summed E-state index contributed by atoms with van der Waals surface area (Å²) in [7, 11) is 0. The van der Waals surface area contributed by atoms with E-state index in [1.165, 1.54) is 17.2 Å². The van der Waals surface area contributed by atoms with Gasteiger partial charge in [-0.2, -0.15) is 9.64 Å². The fourth-order valence-corrected chi connectivity index (χ4v) is 3.95. The quantitative estimate of drug-likeness (QED) is 0.727. The highest BCUT2D eigenvalue weighted by Crippen LogP contribution is 2.34. The number of hydrogen-bond donors (Lipinski definition) is 0. The first-order valence-corrected chi connectivity index (χ1v) is 8.99. The van der Waals surface area contributed by atoms with Gasteiger partial charge in [0, 0.05) is 49.8 Å². The van der Waals surface area contributed by atoms with Crippen LogP contribution in [0.5, 0.6) is 0 Å². The summed E-state index contributed by atoms with van der Waals surface area (Å²) in [6.07, 6.45) is 3.52. The van der Waals surface area contributed by atoms with E-state index in [9.17, 15) is 5.26 Å². The largest absolute Gasteiger partial charge is 0.368 e. The number of piperazine rings is 1. The number of aromatic nitrogens is 2. The summed E-state index contributed by atoms with van der Waals surface area (Å²) in [6, 6.07) is 16.6. The van der Waals surface area contributed by atoms with Crippen LogP contribution >= 0.6 is 11.5 Å². The number of nitrogens with zero attached hydrogens (tertiary/aromatic N) is 5. The van der Waals surface area contributed by atoms with Gasteiger partial charge in [0.1, 0.15) is 11.6 Å². The second kappa shape index (κ2) is 6.91. The van der Waals surface area contributed by atoms with Crippen molar-refractivity contribution in [3.8, 4) is 16.5 Å². The summed E-state index contributed by atoms with van der Waals surface area (Å²) in [5.74, 6) is 0.805. The minimum Gasteiger partial charge on any atom is -0.368 e. The summed E-state index contributed by atoms with van der Waals surface area (Å²) in [5, 5.41) is 9.67. The minimum atomic E-state index is 0.658. The van der Waals surface area contributed by atoms with E-state index in [1.807, 2.05) is 18.2 Å². The lowest BCUT2D eigenvalue weighted by Crippen LogP contribution is -2.46. The number of anilines is 2. The van der Waals surface area contributed by atoms with E-state index in [0.29, 0.717) is 5.56 Å². The Kier molecular flexibility index (Phi) is 4.32. The fraction of sp³-hybridized carbons (Fsp3) is 0.211. The molecule has 0 atom stereocenters. The Morgan fingerprint density at radius 2 is 1.72 bits per heavy atom. The average molecular weight is 347 g/mol. The Morgan fingerprint density at radius 1 is 0.960 bits per heavy atom. The van der Waals surface area contributed by atoms with E-state index < -0.39 is 0 Å². The van der Waals surface area contributed by atoms with Crippen LogP contribution in [0.2, 0.25) is 0 Å². The molecule has 0 spiro atoms. The van der Waals surface area contributed by atoms with E-state index in [2.05, 4.69) is 49.5 Å². The van der Waals surface area contributed by atoms with Gasteiger partial charge in [0.25, 0.3) is 0 Å². The van der Waals surface area contributed by atoms with E-state index in [4.69, 9.17) is 0 Å². The van der Waals surface area contributed by atoms with Gasteiger partial charge in [-0.05, 0) is 29.7 Å². The second-order valence-electron chi connectivity index (χ2n) is 5.87. The highest BCUT2D eigenvalue weighted by atomic mass is 32.1. The molecule has 1 aliphatic rings. The Morgan fingerprint density at radius 3 is 2.40 bits per heavy atom. The molecule has 0 N–H and O–H groups in total. The first kappa shape index (κ1) is 15.6. The summed E-state index contributed by atoms with van der Waals surface area (Å²) in [4.78, 5) is 9.64. The van der Waals surface area contributed by atoms with Gasteiger partial charge >= 0.3 is 0 Å². The zero-order valence-electron chi connectivity index (χ0n) is 13.7. The molecule has 2 aromatic heterocycles. The average Bonchev–Trinajstić information content (AvgIpc) is 3.13. The topological polar surface area (TPSA) is 56.1 Å². The van der Waals surface area contributed by atoms with E-state index in [0.717, 1.165) is 42.4 Å². The van der Waals surface area contributed by atoms with Gasteiger partial charge < -0.3 is 9.80 Å². The van der Waals surface area contributed by atoms with Gasteiger partial charge in [-0.1, -0.05) is 24.3 Å². The molecule has 124 valence electrons. The predicted octanol–water partition coefficient (Wildman–Crippen LogP) is 3.40. The summed E-state index contributed by atoms with van der Waals surface area (Å²) >= 11 is 1.38. The standard InChI is InChI=1S/C19H17N5S/c20-13-17-18(15-5-4-8-21-14-15)25-22-19(17)24-11-9-23(10-12-24)16-6-2-1-3-7-16/h1-8,14H,9-12H2. The molecule has 0 saturated carbocycles. The van der Waals surface area contributed by atoms with E-state index in [-0.39, 0.29) is 0 Å². The molecule has 4 rings (SSSR count). The number of nitriles is 1. The summed E-state index contributed by atoms with van der Waals surface area (Å²) in [6.45, 7) is 3.57. The molecule has 3 heterocycles. The number of pyridine rings is 1. The summed E-state index contributed by atoms with van der Waals surface area (Å²) in [5.41, 5.74) is 2.86. The zero-order valence-corrected chi connectivity index (χ0v) is 14.5. The van der Waals surface area contributed by atoms with Crippen LogP contribution < -0.4 is 9.80 Å². The second-order valence-corrected chi connectivity index (χ2v) is 6.65. The third kappa shape index (κ3) is 3.06. The molecule has 1 aromatic carbocycles. The maximum Gasteiger partial charge on any atom is 0.161 e. The highest BCUT2D eigenvalue weighted by molar-refractivity contribution is 7.10. The third-order valence-corrected chi connectivity index (χ3v) is 5.30. The highest BCUT2D eigenvalue weighted by Gasteiger charge is 2.24. The van der Waals surface area contributed by atoms with Crippen molar-refractivity contribution in [2.75, 3.05) is 36.0 Å². The fourth-order valence-electron chi connectivity index (χ4n) is 3.11. The Labute approximate surface area is 150 Å². The van der Waals surface area contributed by atoms with Crippen molar-refractivity contribution in [2.24, 2.45) is 0 Å². The molecule has 1 fully saturated rings. The van der Waals surface area contributed by atoms with Gasteiger partial charge in [-0.25, -0.2) is 0 Å². The Balaban J connectivity index is 1.54. The molecule has 25 heavy (non-hydrogen) atoms. The van der Waals surface area contributed by atoms with Crippen LogP contribution in [0.4, 0.5) is 11.5 Å². The van der Waals surface area contributed by atoms with Gasteiger partial charge in [-0.15, -0.1) is 0 Å². The molecule has 1 aliphatic heterocycles. The van der Waals surface area contributed by atoms with Gasteiger partial charge in [-0.3, -0.25) is 4.98 Å². The lowest BCUT2D eigenvalue weighted by atomic mass is 10.1. The van der Waals surface area contributed by atoms with Crippen LogP contribution in [0.1, 0.15) is 5.56 Å². The summed E-state index contributed by atoms with van der Waals surface area (Å²) < 4.78 is 4.58. The molecule has 0 bridgehead atoms. The van der Waals surface area contributed by atoms with Crippen molar-refractivity contribution in [1.82, 2.24) is 9.36 Å². The van der Waals surface area contributed by atoms with Crippen LogP contribution in [-0.2, 0) is 0 Å². The van der Waals surface area contributed by atoms with E-state index >= 15 is 0 Å². The number of para-hydroxylation sites is 1. The lowest BCUT2D eigenvalue weighted by molar-refractivity contribution is 0.649. The van der Waals surface area contributed by atoms with Crippen LogP contribution in [0.3, 0.4) is 0 Å². The Hall–Kier alpha value is -2.91. The third-order valence-electron chi connectivity index (χ3n) is 4.41. The molecular formula is C19H17N5S. The van der Waals surface area contributed by atoms with Gasteiger partial charge in [0.15, 0.2) is 5.82 Å². The monoisotopic (exact) mass is 347 g/mol. The first-order valence-electron chi connectivity index (χ1n) is 8.22. The van der Waals surface area contributed by atoms with Gasteiger partial charge in [0.2, 0.25) is 0 Å². The molecule has 6 heteroatoms. The van der Waals surface area contributed by atoms with Crippen molar-refractivity contribution >= 4 is 23.0 Å². The smallest absolute Gasteiger partial charge is 0.161 e. The normalized spacial score (nSPS) is 14.4. The van der Waals surface area contributed by atoms with Crippen molar-refractivity contribution in [1.29, 1.82) is 5.26 Å². The molecule has 5 nitrogen and oxygen atoms in total. The molecule has 0 radical (unpaired) electrons. The maximum atomic E-state index is 9.67. The van der Waals surface area contributed by atoms with Crippen LogP contribution in [0.25, 0.3) is 10.4 Å². The molecule has 0 aliphatic carbocycles. The van der Waals surface area contributed by atoms with Crippen LogP contribution in [0, 0.1) is 11.3 Å². The lowest BCUT2D eigenvalue weighted by Gasteiger charge is -2.36. The molecule has 0 amide bonds. The number of benzene rings is 1. The molecule has 1 saturated heterocycles. The number of rotatable bonds is 3. The first-order chi connectivity index (χ1) is 12.4. The van der Waals surface area contributed by atoms with Crippen molar-refractivity contribution in [3.05, 3.63) is 60.4 Å². The predicted molar refractivity (Wildman–Crippen MR) is 101 cm³/mol. The van der Waals surface area contributed by atoms with Crippen LogP contribution in [-0.4, -0.2) is 35.5 Å². The van der Waals surface area contributed by atoms with E-state index in [1.54, 1.807) is 12.4 Å².